The average Bonchev–Trinajstić information content (AvgIpc) is 3.09. The van der Waals surface area contributed by atoms with Crippen molar-refractivity contribution in [2.75, 3.05) is 20.6 Å². The zero-order valence-electron chi connectivity index (χ0n) is 22.6. The normalized spacial score (nSPS) is 16.7. The predicted molar refractivity (Wildman–Crippen MR) is 149 cm³/mol. The fourth-order valence-corrected chi connectivity index (χ4v) is 5.71. The van der Waals surface area contributed by atoms with Gasteiger partial charge in [0.15, 0.2) is 0 Å². The van der Waals surface area contributed by atoms with Crippen LogP contribution in [0, 0.1) is 0 Å². The number of carbonyl (C=O) groups excluding carboxylic acids is 1. The quantitative estimate of drug-likeness (QED) is 0.180. The van der Waals surface area contributed by atoms with Gasteiger partial charge in [0.2, 0.25) is 0 Å². The van der Waals surface area contributed by atoms with Gasteiger partial charge in [0.25, 0.3) is 5.91 Å². The number of amides is 1. The number of unbranched alkanes of at least 4 members (excludes halogenated alkanes) is 11. The topological polar surface area (TPSA) is 69.6 Å². The Bertz CT molecular complexity index is 1030. The van der Waals surface area contributed by atoms with Crippen LogP contribution in [0.3, 0.4) is 0 Å². The summed E-state index contributed by atoms with van der Waals surface area (Å²) in [6.07, 6.45) is 17.2. The molecule has 2 aromatic rings. The van der Waals surface area contributed by atoms with E-state index in [1.165, 1.54) is 101 Å². The Kier molecular flexibility index (Phi) is 13.4. The number of benzene rings is 2. The largest absolute Gasteiger partial charge is 0.760 e. The summed E-state index contributed by atoms with van der Waals surface area (Å²) in [7, 11) is 1.05. The number of rotatable bonds is 15. The maximum absolute atomic E-state index is 11.1. The van der Waals surface area contributed by atoms with Gasteiger partial charge in [0.1, 0.15) is 6.54 Å². The van der Waals surface area contributed by atoms with E-state index in [0.717, 1.165) is 11.0 Å². The first-order valence-electron chi connectivity index (χ1n) is 13.7. The Balaban J connectivity index is 0.000000313. The van der Waals surface area contributed by atoms with Crippen LogP contribution < -0.4 is 0 Å². The Morgan fingerprint density at radius 3 is 1.81 bits per heavy atom. The molecule has 0 spiro atoms. The van der Waals surface area contributed by atoms with Crippen LogP contribution in [0.4, 0.5) is 0 Å². The highest BCUT2D eigenvalue weighted by Crippen LogP contribution is 2.24. The molecule has 1 heterocycles. The van der Waals surface area contributed by atoms with Crippen molar-refractivity contribution in [3.8, 4) is 0 Å². The molecule has 0 saturated heterocycles. The molecule has 0 saturated carbocycles. The van der Waals surface area contributed by atoms with E-state index in [9.17, 15) is 13.6 Å². The van der Waals surface area contributed by atoms with Crippen molar-refractivity contribution in [1.82, 2.24) is 0 Å². The minimum atomic E-state index is -3.68. The van der Waals surface area contributed by atoms with Crippen LogP contribution in [0.2, 0.25) is 0 Å². The van der Waals surface area contributed by atoms with Gasteiger partial charge in [-0.15, -0.1) is 0 Å². The van der Waals surface area contributed by atoms with E-state index in [-0.39, 0.29) is 10.5 Å². The summed E-state index contributed by atoms with van der Waals surface area (Å²) in [6.45, 7) is 4.74. The van der Waals surface area contributed by atoms with Crippen molar-refractivity contribution < 1.29 is 18.0 Å². The number of fused-ring (bicyclic) bond motifs is 1. The Labute approximate surface area is 219 Å². The van der Waals surface area contributed by atoms with Gasteiger partial charge >= 0.3 is 0 Å². The Morgan fingerprint density at radius 2 is 1.25 bits per heavy atom. The highest BCUT2D eigenvalue weighted by molar-refractivity contribution is 7.88. The standard InChI is InChI=1S/C23H42N.C7H5NO3S/c1-4-5-6-7-8-9-10-11-12-13-14-18-21-24(2,3)22-23-19-16-15-17-20-23;9-7-5-3-1-2-4-6(5)12(10,11)8-7/h15-17,19-20H,4-14,18,21-22H2,1-3H3;1-4H,(H,8,9,10,11)/q+1;/p-1. The fraction of sp³-hybridized carbons (Fsp3) is 0.567. The van der Waals surface area contributed by atoms with Crippen LogP contribution in [0.25, 0.3) is 0 Å². The monoisotopic (exact) mass is 514 g/mol. The molecule has 0 aromatic heterocycles. The summed E-state index contributed by atoms with van der Waals surface area (Å²) >= 11 is 0. The first-order chi connectivity index (χ1) is 17.2. The lowest BCUT2D eigenvalue weighted by atomic mass is 10.1. The van der Waals surface area contributed by atoms with Gasteiger partial charge in [-0.1, -0.05) is 114 Å². The lowest BCUT2D eigenvalue weighted by Crippen LogP contribution is -2.39. The highest BCUT2D eigenvalue weighted by Gasteiger charge is 2.20. The van der Waals surface area contributed by atoms with Crippen molar-refractivity contribution in [2.45, 2.75) is 95.4 Å². The van der Waals surface area contributed by atoms with Gasteiger partial charge in [-0.05, 0) is 25.0 Å². The predicted octanol–water partition coefficient (Wildman–Crippen LogP) is 7.76. The lowest BCUT2D eigenvalue weighted by Gasteiger charge is -2.30. The Hall–Kier alpha value is -2.02. The summed E-state index contributed by atoms with van der Waals surface area (Å²) in [6, 6.07) is 16.9. The number of carbonyl (C=O) groups is 1. The molecule has 200 valence electrons. The number of hydrogen-bond acceptors (Lipinski definition) is 3. The van der Waals surface area contributed by atoms with Gasteiger partial charge < -0.3 is 9.04 Å². The van der Waals surface area contributed by atoms with Crippen molar-refractivity contribution in [3.05, 3.63) is 65.7 Å². The molecule has 1 atom stereocenters. The van der Waals surface area contributed by atoms with Crippen molar-refractivity contribution in [1.29, 1.82) is 0 Å². The smallest absolute Gasteiger partial charge is 0.285 e. The number of quaternary nitrogens is 1. The fourth-order valence-electron chi connectivity index (χ4n) is 4.61. The second-order valence-corrected chi connectivity index (χ2v) is 12.1. The van der Waals surface area contributed by atoms with E-state index in [2.05, 4.69) is 55.7 Å². The number of nitrogens with zero attached hydrogens (tertiary/aromatic N) is 2. The molecule has 5 nitrogen and oxygen atoms in total. The number of hydrogen-bond donors (Lipinski definition) is 0. The van der Waals surface area contributed by atoms with Gasteiger partial charge in [0, 0.05) is 20.5 Å². The van der Waals surface area contributed by atoms with E-state index in [4.69, 9.17) is 0 Å². The second-order valence-electron chi connectivity index (χ2n) is 10.6. The molecule has 1 aliphatic rings. The van der Waals surface area contributed by atoms with Crippen molar-refractivity contribution >= 4 is 15.9 Å². The molecule has 1 aliphatic heterocycles. The first kappa shape index (κ1) is 30.2. The minimum Gasteiger partial charge on any atom is -0.760 e. The lowest BCUT2D eigenvalue weighted by molar-refractivity contribution is -0.903. The van der Waals surface area contributed by atoms with E-state index >= 15 is 0 Å². The average molecular weight is 515 g/mol. The molecule has 36 heavy (non-hydrogen) atoms. The summed E-state index contributed by atoms with van der Waals surface area (Å²) in [5, 5.41) is 0. The van der Waals surface area contributed by atoms with Crippen molar-refractivity contribution in [3.63, 3.8) is 0 Å². The summed E-state index contributed by atoms with van der Waals surface area (Å²) < 4.78 is 26.3. The van der Waals surface area contributed by atoms with Crippen LogP contribution >= 0.6 is 0 Å². The van der Waals surface area contributed by atoms with Crippen LogP contribution in [0.15, 0.2) is 63.9 Å². The summed E-state index contributed by atoms with van der Waals surface area (Å²) in [5.41, 5.74) is 1.62. The summed E-state index contributed by atoms with van der Waals surface area (Å²) in [5.74, 6) is -0.675. The molecule has 1 amide bonds. The first-order valence-corrected chi connectivity index (χ1v) is 15.2. The molecule has 0 radical (unpaired) electrons. The second kappa shape index (κ2) is 16.0. The van der Waals surface area contributed by atoms with Crippen molar-refractivity contribution in [2.24, 2.45) is 4.36 Å². The molecule has 3 rings (SSSR count). The summed E-state index contributed by atoms with van der Waals surface area (Å²) in [4.78, 5) is 10.9. The van der Waals surface area contributed by atoms with E-state index in [0.29, 0.717) is 0 Å². The third kappa shape index (κ3) is 11.4. The SMILES string of the molecule is CCCCCCCCCCCCCC[N+](C)(C)Cc1ccccc1.O=C1N=S(=O)([O-])c2ccccc21. The van der Waals surface area contributed by atoms with Crippen LogP contribution in [0.1, 0.15) is 99.9 Å². The molecule has 0 aliphatic carbocycles. The maximum atomic E-state index is 11.1. The molecule has 6 heteroatoms. The van der Waals surface area contributed by atoms with Crippen LogP contribution in [-0.4, -0.2) is 39.8 Å². The van der Waals surface area contributed by atoms with Gasteiger partial charge in [0.05, 0.1) is 26.2 Å². The van der Waals surface area contributed by atoms with E-state index in [1.807, 2.05) is 0 Å². The van der Waals surface area contributed by atoms with E-state index < -0.39 is 15.9 Å². The molecule has 0 fully saturated rings. The minimum absolute atomic E-state index is 0.00926. The Morgan fingerprint density at radius 1 is 0.750 bits per heavy atom. The van der Waals surface area contributed by atoms with Gasteiger partial charge in [-0.3, -0.25) is 9.00 Å². The third-order valence-electron chi connectivity index (χ3n) is 6.67. The zero-order chi connectivity index (χ0) is 26.3. The molecular formula is C30H46N2O3S. The molecule has 1 unspecified atom stereocenters. The van der Waals surface area contributed by atoms with Crippen LogP contribution in [-0.2, 0) is 16.6 Å². The van der Waals surface area contributed by atoms with E-state index in [1.54, 1.807) is 12.1 Å². The van der Waals surface area contributed by atoms with Gasteiger partial charge in [-0.25, -0.2) is 0 Å². The zero-order valence-corrected chi connectivity index (χ0v) is 23.4. The van der Waals surface area contributed by atoms with Crippen LogP contribution in [0.5, 0.6) is 0 Å². The highest BCUT2D eigenvalue weighted by atomic mass is 32.2. The molecule has 0 N–H and O–H groups in total. The van der Waals surface area contributed by atoms with Gasteiger partial charge in [-0.2, -0.15) is 4.36 Å². The molecule has 0 bridgehead atoms. The molecular weight excluding hydrogens is 468 g/mol. The third-order valence-corrected chi connectivity index (χ3v) is 7.99. The maximum Gasteiger partial charge on any atom is 0.285 e. The molecule has 2 aromatic carbocycles.